The molecule has 0 heterocycles. The molecule has 0 saturated carbocycles. The molecule has 1 N–H and O–H groups in total. The van der Waals surface area contributed by atoms with Crippen molar-refractivity contribution in [2.45, 2.75) is 54.4 Å². The van der Waals surface area contributed by atoms with Gasteiger partial charge in [-0.25, -0.2) is 0 Å². The van der Waals surface area contributed by atoms with Crippen molar-refractivity contribution in [2.75, 3.05) is 6.54 Å². The Labute approximate surface area is 88.5 Å². The summed E-state index contributed by atoms with van der Waals surface area (Å²) in [6, 6.07) is 0. The molecular formula is C12H25NO. The van der Waals surface area contributed by atoms with Crippen molar-refractivity contribution in [2.24, 2.45) is 10.8 Å². The van der Waals surface area contributed by atoms with Gasteiger partial charge in [0.05, 0.1) is 0 Å². The standard InChI is InChI=1S/C12H25NO/c1-7-12(6,9-11(3,4)5)10(14)13-8-2/h7-9H2,1-6H3,(H,13,14). The molecule has 0 saturated heterocycles. The summed E-state index contributed by atoms with van der Waals surface area (Å²) in [5.74, 6) is 0.192. The molecule has 0 radical (unpaired) electrons. The Hall–Kier alpha value is -0.530. The zero-order chi connectivity index (χ0) is 11.4. The van der Waals surface area contributed by atoms with Crippen LogP contribution in [-0.2, 0) is 4.79 Å². The second-order valence-electron chi connectivity index (χ2n) is 5.51. The van der Waals surface area contributed by atoms with E-state index in [1.807, 2.05) is 6.92 Å². The number of rotatable bonds is 4. The van der Waals surface area contributed by atoms with Gasteiger partial charge >= 0.3 is 0 Å². The highest BCUT2D eigenvalue weighted by Gasteiger charge is 2.34. The Bertz CT molecular complexity index is 193. The van der Waals surface area contributed by atoms with Crippen molar-refractivity contribution in [1.82, 2.24) is 5.32 Å². The van der Waals surface area contributed by atoms with Crippen molar-refractivity contribution < 1.29 is 4.79 Å². The fourth-order valence-electron chi connectivity index (χ4n) is 1.91. The van der Waals surface area contributed by atoms with Crippen LogP contribution in [0.1, 0.15) is 54.4 Å². The van der Waals surface area contributed by atoms with Gasteiger partial charge in [0, 0.05) is 12.0 Å². The van der Waals surface area contributed by atoms with E-state index in [9.17, 15) is 4.79 Å². The molecule has 0 bridgehead atoms. The van der Waals surface area contributed by atoms with Crippen LogP contribution in [0.5, 0.6) is 0 Å². The van der Waals surface area contributed by atoms with Gasteiger partial charge in [-0.3, -0.25) is 4.79 Å². The summed E-state index contributed by atoms with van der Waals surface area (Å²) in [6.07, 6.45) is 1.83. The molecule has 14 heavy (non-hydrogen) atoms. The van der Waals surface area contributed by atoms with Gasteiger partial charge in [-0.1, -0.05) is 34.6 Å². The van der Waals surface area contributed by atoms with Crippen LogP contribution in [0.2, 0.25) is 0 Å². The van der Waals surface area contributed by atoms with Crippen LogP contribution < -0.4 is 5.32 Å². The minimum Gasteiger partial charge on any atom is -0.356 e. The van der Waals surface area contributed by atoms with Gasteiger partial charge in [0.1, 0.15) is 0 Å². The molecule has 1 amide bonds. The van der Waals surface area contributed by atoms with Crippen LogP contribution in [0.15, 0.2) is 0 Å². The molecule has 2 nitrogen and oxygen atoms in total. The number of nitrogens with one attached hydrogen (secondary N) is 1. The van der Waals surface area contributed by atoms with E-state index in [-0.39, 0.29) is 16.7 Å². The lowest BCUT2D eigenvalue weighted by atomic mass is 9.73. The maximum atomic E-state index is 11.9. The molecule has 0 aromatic heterocycles. The lowest BCUT2D eigenvalue weighted by molar-refractivity contribution is -0.131. The predicted octanol–water partition coefficient (Wildman–Crippen LogP) is 2.98. The van der Waals surface area contributed by atoms with Crippen LogP contribution >= 0.6 is 0 Å². The molecule has 1 unspecified atom stereocenters. The van der Waals surface area contributed by atoms with Crippen LogP contribution in [0.25, 0.3) is 0 Å². The third kappa shape index (κ3) is 4.12. The minimum atomic E-state index is -0.214. The largest absolute Gasteiger partial charge is 0.356 e. The average molecular weight is 199 g/mol. The molecule has 2 heteroatoms. The first kappa shape index (κ1) is 13.5. The normalized spacial score (nSPS) is 16.1. The molecule has 84 valence electrons. The summed E-state index contributed by atoms with van der Waals surface area (Å²) in [4.78, 5) is 11.9. The molecule has 0 spiro atoms. The van der Waals surface area contributed by atoms with Gasteiger partial charge in [-0.15, -0.1) is 0 Å². The van der Waals surface area contributed by atoms with E-state index >= 15 is 0 Å². The van der Waals surface area contributed by atoms with E-state index in [2.05, 4.69) is 39.9 Å². The first-order valence-corrected chi connectivity index (χ1v) is 5.53. The highest BCUT2D eigenvalue weighted by atomic mass is 16.2. The van der Waals surface area contributed by atoms with Gasteiger partial charge in [0.25, 0.3) is 0 Å². The quantitative estimate of drug-likeness (QED) is 0.741. The van der Waals surface area contributed by atoms with Crippen molar-refractivity contribution in [1.29, 1.82) is 0 Å². The summed E-state index contributed by atoms with van der Waals surface area (Å²) in [6.45, 7) is 13.4. The molecular weight excluding hydrogens is 174 g/mol. The van der Waals surface area contributed by atoms with Gasteiger partial charge in [-0.2, -0.15) is 0 Å². The Morgan fingerprint density at radius 1 is 1.14 bits per heavy atom. The number of amides is 1. The molecule has 0 rings (SSSR count). The fraction of sp³-hybridized carbons (Fsp3) is 0.917. The SMILES string of the molecule is CCNC(=O)C(C)(CC)CC(C)(C)C. The molecule has 0 aromatic rings. The lowest BCUT2D eigenvalue weighted by Gasteiger charge is -2.33. The molecule has 0 aliphatic rings. The zero-order valence-electron chi connectivity index (χ0n) is 10.5. The average Bonchev–Trinajstić information content (AvgIpc) is 2.01. The topological polar surface area (TPSA) is 29.1 Å². The second kappa shape index (κ2) is 4.81. The summed E-state index contributed by atoms with van der Waals surface area (Å²) in [7, 11) is 0. The Morgan fingerprint density at radius 2 is 1.64 bits per heavy atom. The monoisotopic (exact) mass is 199 g/mol. The van der Waals surface area contributed by atoms with Crippen molar-refractivity contribution >= 4 is 5.91 Å². The number of carbonyl (C=O) groups is 1. The number of hydrogen-bond donors (Lipinski definition) is 1. The number of carbonyl (C=O) groups excluding carboxylic acids is 1. The lowest BCUT2D eigenvalue weighted by Crippen LogP contribution is -2.40. The van der Waals surface area contributed by atoms with Gasteiger partial charge in [0.2, 0.25) is 5.91 Å². The van der Waals surface area contributed by atoms with Gasteiger partial charge < -0.3 is 5.32 Å². The Morgan fingerprint density at radius 3 is 1.93 bits per heavy atom. The minimum absolute atomic E-state index is 0.192. The fourth-order valence-corrected chi connectivity index (χ4v) is 1.91. The molecule has 1 atom stereocenters. The van der Waals surface area contributed by atoms with Crippen molar-refractivity contribution in [3.05, 3.63) is 0 Å². The van der Waals surface area contributed by atoms with Crippen LogP contribution in [0, 0.1) is 10.8 Å². The van der Waals surface area contributed by atoms with Gasteiger partial charge in [0.15, 0.2) is 0 Å². The highest BCUT2D eigenvalue weighted by molar-refractivity contribution is 5.82. The van der Waals surface area contributed by atoms with E-state index < -0.39 is 0 Å². The zero-order valence-corrected chi connectivity index (χ0v) is 10.5. The predicted molar refractivity (Wildman–Crippen MR) is 61.2 cm³/mol. The van der Waals surface area contributed by atoms with E-state index in [1.165, 1.54) is 0 Å². The van der Waals surface area contributed by atoms with Crippen LogP contribution in [-0.4, -0.2) is 12.5 Å². The molecule has 0 aromatic carbocycles. The Kier molecular flexibility index (Phi) is 4.63. The van der Waals surface area contributed by atoms with E-state index in [4.69, 9.17) is 0 Å². The van der Waals surface area contributed by atoms with E-state index in [0.29, 0.717) is 0 Å². The molecule has 0 aliphatic carbocycles. The first-order chi connectivity index (χ1) is 6.25. The number of hydrogen-bond acceptors (Lipinski definition) is 1. The molecule has 0 fully saturated rings. The van der Waals surface area contributed by atoms with Crippen LogP contribution in [0.4, 0.5) is 0 Å². The first-order valence-electron chi connectivity index (χ1n) is 5.53. The smallest absolute Gasteiger partial charge is 0.225 e. The summed E-state index contributed by atoms with van der Waals surface area (Å²) in [5.41, 5.74) is -0.00982. The maximum absolute atomic E-state index is 11.9. The van der Waals surface area contributed by atoms with Gasteiger partial charge in [-0.05, 0) is 25.2 Å². The third-order valence-electron chi connectivity index (χ3n) is 2.59. The Balaban J connectivity index is 4.54. The van der Waals surface area contributed by atoms with Crippen molar-refractivity contribution in [3.63, 3.8) is 0 Å². The maximum Gasteiger partial charge on any atom is 0.225 e. The highest BCUT2D eigenvalue weighted by Crippen LogP contribution is 2.36. The van der Waals surface area contributed by atoms with E-state index in [0.717, 1.165) is 19.4 Å². The third-order valence-corrected chi connectivity index (χ3v) is 2.59. The van der Waals surface area contributed by atoms with Crippen LogP contribution in [0.3, 0.4) is 0 Å². The summed E-state index contributed by atoms with van der Waals surface area (Å²) in [5, 5.41) is 2.92. The van der Waals surface area contributed by atoms with E-state index in [1.54, 1.807) is 0 Å². The molecule has 0 aliphatic heterocycles. The summed E-state index contributed by atoms with van der Waals surface area (Å²) >= 11 is 0. The summed E-state index contributed by atoms with van der Waals surface area (Å²) < 4.78 is 0. The van der Waals surface area contributed by atoms with Crippen molar-refractivity contribution in [3.8, 4) is 0 Å². The second-order valence-corrected chi connectivity index (χ2v) is 5.51.